The van der Waals surface area contributed by atoms with Gasteiger partial charge < -0.3 is 15.2 Å². The molecule has 1 unspecified atom stereocenters. The molecule has 1 aromatic carbocycles. The summed E-state index contributed by atoms with van der Waals surface area (Å²) < 4.78 is 2.36. The highest BCUT2D eigenvalue weighted by molar-refractivity contribution is 5.85. The van der Waals surface area contributed by atoms with Crippen molar-refractivity contribution in [2.75, 3.05) is 19.6 Å². The molecule has 3 rings (SSSR count). The fourth-order valence-electron chi connectivity index (χ4n) is 4.24. The third-order valence-corrected chi connectivity index (χ3v) is 5.62. The van der Waals surface area contributed by atoms with E-state index >= 15 is 0 Å². The number of rotatable bonds is 8. The zero-order chi connectivity index (χ0) is 19.2. The molecule has 2 N–H and O–H groups in total. The molecular formula is C22H36Cl2N4O. The average molecular weight is 443 g/mol. The van der Waals surface area contributed by atoms with Gasteiger partial charge in [0, 0.05) is 31.5 Å². The van der Waals surface area contributed by atoms with Crippen LogP contribution in [-0.4, -0.2) is 40.0 Å². The van der Waals surface area contributed by atoms with Gasteiger partial charge in [0.2, 0.25) is 5.91 Å². The summed E-state index contributed by atoms with van der Waals surface area (Å²) in [4.78, 5) is 19.7. The Morgan fingerprint density at radius 3 is 2.62 bits per heavy atom. The highest BCUT2D eigenvalue weighted by Gasteiger charge is 2.28. The lowest BCUT2D eigenvalue weighted by molar-refractivity contribution is -0.132. The molecule has 1 amide bonds. The van der Waals surface area contributed by atoms with Crippen LogP contribution in [0.3, 0.4) is 0 Å². The van der Waals surface area contributed by atoms with Crippen LogP contribution in [0.5, 0.6) is 0 Å². The van der Waals surface area contributed by atoms with Crippen LogP contribution < -0.4 is 5.73 Å². The number of benzene rings is 1. The number of amides is 1. The summed E-state index contributed by atoms with van der Waals surface area (Å²) in [6.45, 7) is 6.87. The average Bonchev–Trinajstić information content (AvgIpc) is 3.07. The van der Waals surface area contributed by atoms with E-state index in [0.29, 0.717) is 24.3 Å². The maximum Gasteiger partial charge on any atom is 0.222 e. The van der Waals surface area contributed by atoms with Gasteiger partial charge in [-0.05, 0) is 58.2 Å². The first-order valence-electron chi connectivity index (χ1n) is 10.6. The molecule has 0 bridgehead atoms. The van der Waals surface area contributed by atoms with E-state index in [4.69, 9.17) is 10.7 Å². The lowest BCUT2D eigenvalue weighted by Gasteiger charge is -2.33. The molecule has 1 aliphatic rings. The summed E-state index contributed by atoms with van der Waals surface area (Å²) in [6.07, 6.45) is 7.10. The minimum atomic E-state index is 0. The van der Waals surface area contributed by atoms with E-state index in [1.807, 2.05) is 6.07 Å². The second-order valence-electron chi connectivity index (χ2n) is 8.05. The van der Waals surface area contributed by atoms with Gasteiger partial charge in [-0.2, -0.15) is 0 Å². The standard InChI is InChI=1S/C22H34N4O.2ClH/c1-17(2)26-20-12-7-6-11-19(20)24-22(26)18-10-9-15-25(16-18)21(27)13-5-3-4-8-14-23;;/h6-7,11-12,17-18H,3-5,8-10,13-16,23H2,1-2H3;2*1H. The molecule has 1 aliphatic heterocycles. The highest BCUT2D eigenvalue weighted by Crippen LogP contribution is 2.31. The van der Waals surface area contributed by atoms with Gasteiger partial charge in [0.05, 0.1) is 11.0 Å². The van der Waals surface area contributed by atoms with E-state index < -0.39 is 0 Å². The zero-order valence-electron chi connectivity index (χ0n) is 17.7. The Labute approximate surface area is 187 Å². The van der Waals surface area contributed by atoms with Crippen molar-refractivity contribution >= 4 is 41.8 Å². The van der Waals surface area contributed by atoms with E-state index in [1.54, 1.807) is 0 Å². The summed E-state index contributed by atoms with van der Waals surface area (Å²) in [5.74, 6) is 1.78. The zero-order valence-corrected chi connectivity index (χ0v) is 19.3. The molecular weight excluding hydrogens is 407 g/mol. The molecule has 164 valence electrons. The van der Waals surface area contributed by atoms with Crippen molar-refractivity contribution in [2.24, 2.45) is 5.73 Å². The fraction of sp³-hybridized carbons (Fsp3) is 0.636. The van der Waals surface area contributed by atoms with Crippen molar-refractivity contribution < 1.29 is 4.79 Å². The van der Waals surface area contributed by atoms with Crippen molar-refractivity contribution in [3.8, 4) is 0 Å². The molecule has 5 nitrogen and oxygen atoms in total. The Morgan fingerprint density at radius 1 is 1.17 bits per heavy atom. The van der Waals surface area contributed by atoms with Crippen molar-refractivity contribution in [1.29, 1.82) is 0 Å². The maximum absolute atomic E-state index is 12.7. The van der Waals surface area contributed by atoms with Crippen molar-refractivity contribution in [3.05, 3.63) is 30.1 Å². The van der Waals surface area contributed by atoms with Gasteiger partial charge in [0.1, 0.15) is 5.82 Å². The minimum absolute atomic E-state index is 0. The number of para-hydroxylation sites is 2. The monoisotopic (exact) mass is 442 g/mol. The molecule has 0 aliphatic carbocycles. The van der Waals surface area contributed by atoms with Crippen LogP contribution in [0.4, 0.5) is 0 Å². The summed E-state index contributed by atoms with van der Waals surface area (Å²) in [6, 6.07) is 8.73. The second kappa shape index (κ2) is 12.4. The quantitative estimate of drug-likeness (QED) is 0.579. The SMILES string of the molecule is CC(C)n1c(C2CCCN(C(=O)CCCCCCN)C2)nc2ccccc21.Cl.Cl. The first-order valence-corrected chi connectivity index (χ1v) is 10.6. The molecule has 2 heterocycles. The van der Waals surface area contributed by atoms with Crippen LogP contribution in [0.2, 0.25) is 0 Å². The van der Waals surface area contributed by atoms with Gasteiger partial charge in [-0.25, -0.2) is 4.98 Å². The summed E-state index contributed by atoms with van der Waals surface area (Å²) >= 11 is 0. The van der Waals surface area contributed by atoms with Crippen LogP contribution >= 0.6 is 24.8 Å². The number of imidazole rings is 1. The Balaban J connectivity index is 0.00000210. The van der Waals surface area contributed by atoms with E-state index in [-0.39, 0.29) is 24.8 Å². The molecule has 1 atom stereocenters. The third kappa shape index (κ3) is 6.34. The van der Waals surface area contributed by atoms with Gasteiger partial charge in [-0.15, -0.1) is 24.8 Å². The molecule has 0 spiro atoms. The van der Waals surface area contributed by atoms with E-state index in [2.05, 4.69) is 41.5 Å². The molecule has 1 aromatic heterocycles. The summed E-state index contributed by atoms with van der Waals surface area (Å²) in [7, 11) is 0. The van der Waals surface area contributed by atoms with Crippen LogP contribution in [0, 0.1) is 0 Å². The van der Waals surface area contributed by atoms with Crippen molar-refractivity contribution in [1.82, 2.24) is 14.5 Å². The molecule has 7 heteroatoms. The predicted octanol–water partition coefficient (Wildman–Crippen LogP) is 5.08. The third-order valence-electron chi connectivity index (χ3n) is 5.62. The smallest absolute Gasteiger partial charge is 0.222 e. The van der Waals surface area contributed by atoms with E-state index in [1.165, 1.54) is 5.52 Å². The number of aromatic nitrogens is 2. The number of unbranched alkanes of at least 4 members (excludes halogenated alkanes) is 3. The lowest BCUT2D eigenvalue weighted by atomic mass is 9.96. The van der Waals surface area contributed by atoms with Crippen molar-refractivity contribution in [2.45, 2.75) is 70.8 Å². The first kappa shape index (κ1) is 25.7. The normalized spacial score (nSPS) is 16.6. The van der Waals surface area contributed by atoms with Gasteiger partial charge in [0.15, 0.2) is 0 Å². The molecule has 0 saturated carbocycles. The van der Waals surface area contributed by atoms with Gasteiger partial charge in [-0.3, -0.25) is 4.79 Å². The number of carbonyl (C=O) groups is 1. The van der Waals surface area contributed by atoms with Crippen LogP contribution in [0.1, 0.15) is 76.6 Å². The Bertz CT molecular complexity index is 762. The summed E-state index contributed by atoms with van der Waals surface area (Å²) in [5, 5.41) is 0. The first-order chi connectivity index (χ1) is 13.1. The van der Waals surface area contributed by atoms with Gasteiger partial charge in [0.25, 0.3) is 0 Å². The van der Waals surface area contributed by atoms with Crippen LogP contribution in [0.15, 0.2) is 24.3 Å². The number of hydrogen-bond donors (Lipinski definition) is 1. The molecule has 0 radical (unpaired) electrons. The topological polar surface area (TPSA) is 64.2 Å². The van der Waals surface area contributed by atoms with Crippen molar-refractivity contribution in [3.63, 3.8) is 0 Å². The fourth-order valence-corrected chi connectivity index (χ4v) is 4.24. The number of halogens is 2. The Hall–Kier alpha value is -1.30. The Morgan fingerprint density at radius 2 is 1.90 bits per heavy atom. The number of piperidine rings is 1. The maximum atomic E-state index is 12.7. The number of nitrogens with zero attached hydrogens (tertiary/aromatic N) is 3. The minimum Gasteiger partial charge on any atom is -0.342 e. The number of hydrogen-bond acceptors (Lipinski definition) is 3. The molecule has 1 fully saturated rings. The van der Waals surface area contributed by atoms with Gasteiger partial charge >= 0.3 is 0 Å². The van der Waals surface area contributed by atoms with Crippen LogP contribution in [0.25, 0.3) is 11.0 Å². The molecule has 1 saturated heterocycles. The number of nitrogens with two attached hydrogens (primary N) is 1. The largest absolute Gasteiger partial charge is 0.342 e. The van der Waals surface area contributed by atoms with Crippen LogP contribution in [-0.2, 0) is 4.79 Å². The second-order valence-corrected chi connectivity index (χ2v) is 8.05. The Kier molecular flexibility index (Phi) is 11.0. The van der Waals surface area contributed by atoms with Gasteiger partial charge in [-0.1, -0.05) is 25.0 Å². The van der Waals surface area contributed by atoms with E-state index in [0.717, 1.165) is 69.5 Å². The van der Waals surface area contributed by atoms with E-state index in [9.17, 15) is 4.79 Å². The predicted molar refractivity (Wildman–Crippen MR) is 125 cm³/mol. The molecule has 2 aromatic rings. The number of fused-ring (bicyclic) bond motifs is 1. The number of carbonyl (C=O) groups excluding carboxylic acids is 1. The summed E-state index contributed by atoms with van der Waals surface area (Å²) in [5.41, 5.74) is 7.80. The highest BCUT2D eigenvalue weighted by atomic mass is 35.5. The number of likely N-dealkylation sites (tertiary alicyclic amines) is 1. The molecule has 29 heavy (non-hydrogen) atoms. The lowest BCUT2D eigenvalue weighted by Crippen LogP contribution is -2.39.